The Morgan fingerprint density at radius 1 is 0.383 bits per heavy atom. The van der Waals surface area contributed by atoms with Gasteiger partial charge in [0, 0.05) is 12.8 Å². The molecule has 0 aliphatic carbocycles. The van der Waals surface area contributed by atoms with E-state index >= 15 is 0 Å². The molecule has 0 spiro atoms. The van der Waals surface area contributed by atoms with E-state index in [1.54, 1.807) is 62.4 Å². The third-order valence-corrected chi connectivity index (χ3v) is 8.62. The van der Waals surface area contributed by atoms with Crippen LogP contribution in [0.5, 0.6) is 46.0 Å². The van der Waals surface area contributed by atoms with Gasteiger partial charge in [-0.2, -0.15) is 0 Å². The first kappa shape index (κ1) is 42.2. The van der Waals surface area contributed by atoms with Crippen LogP contribution < -0.4 is 28.4 Å². The van der Waals surface area contributed by atoms with Crippen molar-refractivity contribution in [2.24, 2.45) is 0 Å². The maximum atomic E-state index is 12.4. The van der Waals surface area contributed by atoms with Crippen LogP contribution >= 0.6 is 0 Å². The fourth-order valence-electron chi connectivity index (χ4n) is 5.37. The van der Waals surface area contributed by atoms with E-state index < -0.39 is 11.9 Å². The van der Waals surface area contributed by atoms with E-state index in [9.17, 15) is 9.59 Å². The van der Waals surface area contributed by atoms with Gasteiger partial charge >= 0.3 is 11.9 Å². The third-order valence-electron chi connectivity index (χ3n) is 8.62. The molecule has 0 aliphatic heterocycles. The summed E-state index contributed by atoms with van der Waals surface area (Å²) in [6, 6.07) is 48.8. The van der Waals surface area contributed by atoms with E-state index in [4.69, 9.17) is 37.9 Å². The van der Waals surface area contributed by atoms with Gasteiger partial charge in [-0.25, -0.2) is 9.59 Å². The second kappa shape index (κ2) is 22.5. The van der Waals surface area contributed by atoms with Crippen LogP contribution in [-0.2, 0) is 19.1 Å². The van der Waals surface area contributed by atoms with Gasteiger partial charge in [-0.1, -0.05) is 60.7 Å². The molecule has 0 saturated carbocycles. The minimum absolute atomic E-state index is 0.211. The lowest BCUT2D eigenvalue weighted by molar-refractivity contribution is -0.140. The van der Waals surface area contributed by atoms with Gasteiger partial charge in [-0.15, -0.1) is 0 Å². The lowest BCUT2D eigenvalue weighted by atomic mass is 10.1. The zero-order chi connectivity index (χ0) is 41.8. The molecule has 6 aromatic carbocycles. The Kier molecular flexibility index (Phi) is 15.8. The van der Waals surface area contributed by atoms with Crippen LogP contribution in [-0.4, -0.2) is 38.4 Å². The number of hydrogen-bond acceptors (Lipinski definition) is 10. The number of esters is 2. The fraction of sp³-hybridized carbons (Fsp3) is 0.160. The zero-order valence-corrected chi connectivity index (χ0v) is 33.5. The van der Waals surface area contributed by atoms with Gasteiger partial charge in [-0.3, -0.25) is 0 Å². The van der Waals surface area contributed by atoms with Gasteiger partial charge < -0.3 is 37.9 Å². The maximum Gasteiger partial charge on any atom is 0.336 e. The quantitative estimate of drug-likeness (QED) is 0.0302. The summed E-state index contributed by atoms with van der Waals surface area (Å²) in [6.07, 6.45) is 3.81. The standard InChI is InChI=1S/C50H46O10/c1-37(35-57-43-23-27-47(28-24-43)59-45-11-5-3-6-12-45)49(51)55-33-9-31-53-41-19-15-39(16-20-41)40-17-21-42(22-18-40)54-32-10-34-56-50(52)38(2)36-58-44-25-29-48(30-26-44)60-46-13-7-4-8-14-46/h3-8,11-30,35-36H,9-10,31-34H2,1-2H3. The Labute approximate surface area is 350 Å². The van der Waals surface area contributed by atoms with Crippen molar-refractivity contribution in [3.8, 4) is 57.1 Å². The molecule has 0 N–H and O–H groups in total. The van der Waals surface area contributed by atoms with Crippen LogP contribution in [0.4, 0.5) is 0 Å². The average molecular weight is 807 g/mol. The van der Waals surface area contributed by atoms with Crippen LogP contribution in [0.1, 0.15) is 26.7 Å². The molecule has 0 amide bonds. The summed E-state index contributed by atoms with van der Waals surface area (Å²) in [7, 11) is 0. The number of carbonyl (C=O) groups excluding carboxylic acids is 2. The fourth-order valence-corrected chi connectivity index (χ4v) is 5.37. The molecule has 10 nitrogen and oxygen atoms in total. The van der Waals surface area contributed by atoms with Crippen molar-refractivity contribution in [1.29, 1.82) is 0 Å². The van der Waals surface area contributed by atoms with Crippen LogP contribution in [0.25, 0.3) is 11.1 Å². The number of ether oxygens (including phenoxy) is 8. The van der Waals surface area contributed by atoms with E-state index in [0.29, 0.717) is 71.7 Å². The van der Waals surface area contributed by atoms with Crippen molar-refractivity contribution in [3.05, 3.63) is 181 Å². The van der Waals surface area contributed by atoms with E-state index in [2.05, 4.69) is 0 Å². The van der Waals surface area contributed by atoms with Crippen LogP contribution in [0.15, 0.2) is 181 Å². The molecule has 0 unspecified atom stereocenters. The minimum atomic E-state index is -0.458. The monoisotopic (exact) mass is 806 g/mol. The molecule has 6 aromatic rings. The molecule has 306 valence electrons. The highest BCUT2D eigenvalue weighted by Gasteiger charge is 2.09. The molecular weight excluding hydrogens is 761 g/mol. The Morgan fingerprint density at radius 2 is 0.700 bits per heavy atom. The molecule has 0 fully saturated rings. The molecule has 0 aromatic heterocycles. The first-order chi connectivity index (χ1) is 29.4. The summed E-state index contributed by atoms with van der Waals surface area (Å²) >= 11 is 0. The van der Waals surface area contributed by atoms with Crippen molar-refractivity contribution >= 4 is 11.9 Å². The SMILES string of the molecule is CC(=COc1ccc(Oc2ccccc2)cc1)C(=O)OCCCOc1ccc(-c2ccc(OCCCOC(=O)C(C)=COc3ccc(Oc4ccccc4)cc3)cc2)cc1. The molecule has 60 heavy (non-hydrogen) atoms. The summed E-state index contributed by atoms with van der Waals surface area (Å²) in [5, 5.41) is 0. The highest BCUT2D eigenvalue weighted by Crippen LogP contribution is 2.27. The predicted octanol–water partition coefficient (Wildman–Crippen LogP) is 11.5. The second-order valence-corrected chi connectivity index (χ2v) is 13.3. The molecular formula is C50H46O10. The third kappa shape index (κ3) is 13.9. The van der Waals surface area contributed by atoms with Crippen molar-refractivity contribution in [1.82, 2.24) is 0 Å². The van der Waals surface area contributed by atoms with E-state index in [1.165, 1.54) is 12.5 Å². The zero-order valence-electron chi connectivity index (χ0n) is 33.5. The first-order valence-electron chi connectivity index (χ1n) is 19.5. The maximum absolute atomic E-state index is 12.4. The summed E-state index contributed by atoms with van der Waals surface area (Å²) in [4.78, 5) is 24.8. The van der Waals surface area contributed by atoms with Crippen molar-refractivity contribution in [3.63, 3.8) is 0 Å². The average Bonchev–Trinajstić information content (AvgIpc) is 3.29. The first-order valence-corrected chi connectivity index (χ1v) is 19.5. The van der Waals surface area contributed by atoms with Gasteiger partial charge in [0.05, 0.1) is 37.6 Å². The van der Waals surface area contributed by atoms with Crippen LogP contribution in [0, 0.1) is 0 Å². The van der Waals surface area contributed by atoms with Gasteiger partial charge in [0.1, 0.15) is 58.5 Å². The van der Waals surface area contributed by atoms with Gasteiger partial charge in [-0.05, 0) is 122 Å². The van der Waals surface area contributed by atoms with Crippen LogP contribution in [0.2, 0.25) is 0 Å². The van der Waals surface area contributed by atoms with E-state index in [-0.39, 0.29) is 13.2 Å². The van der Waals surface area contributed by atoms with Gasteiger partial charge in [0.15, 0.2) is 0 Å². The second-order valence-electron chi connectivity index (χ2n) is 13.3. The van der Waals surface area contributed by atoms with E-state index in [0.717, 1.165) is 22.6 Å². The Morgan fingerprint density at radius 3 is 1.07 bits per heavy atom. The Hall–Kier alpha value is -7.46. The van der Waals surface area contributed by atoms with Gasteiger partial charge in [0.25, 0.3) is 0 Å². The molecule has 0 aliphatic rings. The number of para-hydroxylation sites is 2. The lowest BCUT2D eigenvalue weighted by Crippen LogP contribution is -2.10. The normalized spacial score (nSPS) is 11.2. The Balaban J connectivity index is 0.814. The number of carbonyl (C=O) groups is 2. The molecule has 10 heteroatoms. The summed E-state index contributed by atoms with van der Waals surface area (Å²) in [5.41, 5.74) is 2.74. The lowest BCUT2D eigenvalue weighted by Gasteiger charge is -2.10. The Bertz CT molecular complexity index is 2120. The number of rotatable bonds is 21. The van der Waals surface area contributed by atoms with E-state index in [1.807, 2.05) is 109 Å². The smallest absolute Gasteiger partial charge is 0.336 e. The van der Waals surface area contributed by atoms with Crippen molar-refractivity contribution < 1.29 is 47.5 Å². The van der Waals surface area contributed by atoms with Crippen molar-refractivity contribution in [2.75, 3.05) is 26.4 Å². The summed E-state index contributed by atoms with van der Waals surface area (Å²) < 4.78 is 45.2. The summed E-state index contributed by atoms with van der Waals surface area (Å²) in [6.45, 7) is 4.48. The molecule has 0 saturated heterocycles. The molecule has 0 heterocycles. The van der Waals surface area contributed by atoms with Crippen molar-refractivity contribution in [2.45, 2.75) is 26.7 Å². The topological polar surface area (TPSA) is 108 Å². The molecule has 6 rings (SSSR count). The minimum Gasteiger partial charge on any atom is -0.493 e. The molecule has 0 atom stereocenters. The summed E-state index contributed by atoms with van der Waals surface area (Å²) in [5.74, 6) is 4.50. The highest BCUT2D eigenvalue weighted by molar-refractivity contribution is 5.87. The largest absolute Gasteiger partial charge is 0.493 e. The number of benzene rings is 6. The van der Waals surface area contributed by atoms with Gasteiger partial charge in [0.2, 0.25) is 0 Å². The highest BCUT2D eigenvalue weighted by atomic mass is 16.5. The van der Waals surface area contributed by atoms with Crippen LogP contribution in [0.3, 0.4) is 0 Å². The molecule has 0 radical (unpaired) electrons. The predicted molar refractivity (Wildman–Crippen MR) is 229 cm³/mol. The molecule has 0 bridgehead atoms. The number of hydrogen-bond donors (Lipinski definition) is 0.